The van der Waals surface area contributed by atoms with E-state index in [4.69, 9.17) is 9.47 Å². The van der Waals surface area contributed by atoms with E-state index in [0.717, 1.165) is 25.0 Å². The lowest BCUT2D eigenvalue weighted by atomic mass is 10.0. The van der Waals surface area contributed by atoms with Crippen molar-refractivity contribution in [2.45, 2.75) is 38.4 Å². The van der Waals surface area contributed by atoms with Crippen LogP contribution >= 0.6 is 24.0 Å². The predicted molar refractivity (Wildman–Crippen MR) is 112 cm³/mol. The SMILES string of the molecule is CN=C(NCCc1ccc(OC)c(OC(F)F)c1)NCC1(C)CCCO1.I. The smallest absolute Gasteiger partial charge is 0.387 e. The Morgan fingerprint density at radius 3 is 2.70 bits per heavy atom. The molecule has 9 heteroatoms. The molecule has 27 heavy (non-hydrogen) atoms. The van der Waals surface area contributed by atoms with Gasteiger partial charge in [0.1, 0.15) is 0 Å². The highest BCUT2D eigenvalue weighted by Gasteiger charge is 2.29. The first kappa shape index (κ1) is 23.7. The second-order valence-corrected chi connectivity index (χ2v) is 6.37. The van der Waals surface area contributed by atoms with Crippen LogP contribution in [0.25, 0.3) is 0 Å². The lowest BCUT2D eigenvalue weighted by molar-refractivity contribution is -0.0512. The Bertz CT molecular complexity index is 612. The van der Waals surface area contributed by atoms with Crippen LogP contribution in [-0.2, 0) is 11.2 Å². The Kier molecular flexibility index (Phi) is 10.1. The van der Waals surface area contributed by atoms with Crippen molar-refractivity contribution in [1.82, 2.24) is 10.6 Å². The summed E-state index contributed by atoms with van der Waals surface area (Å²) in [5.74, 6) is 0.998. The third-order valence-corrected chi connectivity index (χ3v) is 4.30. The third kappa shape index (κ3) is 7.65. The van der Waals surface area contributed by atoms with Gasteiger partial charge in [0.15, 0.2) is 17.5 Å². The number of halogens is 3. The number of hydrogen-bond acceptors (Lipinski definition) is 4. The number of ether oxygens (including phenoxy) is 3. The topological polar surface area (TPSA) is 64.1 Å². The standard InChI is InChI=1S/C18H27F2N3O3.HI/c1-18(8-4-10-25-18)12-23-17(21-2)22-9-7-13-5-6-14(24-3)15(11-13)26-16(19)20;/h5-6,11,16H,4,7-10,12H2,1-3H3,(H2,21,22,23);1H. The van der Waals surface area contributed by atoms with E-state index in [2.05, 4.69) is 27.3 Å². The van der Waals surface area contributed by atoms with Crippen molar-refractivity contribution in [2.24, 2.45) is 4.99 Å². The van der Waals surface area contributed by atoms with Gasteiger partial charge in [0, 0.05) is 26.7 Å². The lowest BCUT2D eigenvalue weighted by Gasteiger charge is -2.24. The summed E-state index contributed by atoms with van der Waals surface area (Å²) in [6.07, 6.45) is 2.72. The highest BCUT2D eigenvalue weighted by atomic mass is 127. The molecule has 2 N–H and O–H groups in total. The molecule has 0 aliphatic carbocycles. The molecule has 1 aromatic carbocycles. The van der Waals surface area contributed by atoms with E-state index >= 15 is 0 Å². The monoisotopic (exact) mass is 499 g/mol. The van der Waals surface area contributed by atoms with Crippen LogP contribution in [-0.4, -0.2) is 52.0 Å². The molecular weight excluding hydrogens is 471 g/mol. The van der Waals surface area contributed by atoms with Crippen molar-refractivity contribution in [3.8, 4) is 11.5 Å². The molecule has 0 bridgehead atoms. The van der Waals surface area contributed by atoms with Gasteiger partial charge >= 0.3 is 6.61 Å². The average Bonchev–Trinajstić information content (AvgIpc) is 3.04. The number of nitrogens with zero attached hydrogens (tertiary/aromatic N) is 1. The van der Waals surface area contributed by atoms with E-state index in [9.17, 15) is 8.78 Å². The first-order chi connectivity index (χ1) is 12.5. The summed E-state index contributed by atoms with van der Waals surface area (Å²) >= 11 is 0. The zero-order chi connectivity index (χ0) is 19.0. The third-order valence-electron chi connectivity index (χ3n) is 4.30. The van der Waals surface area contributed by atoms with Crippen molar-refractivity contribution in [3.63, 3.8) is 0 Å². The van der Waals surface area contributed by atoms with Gasteiger partial charge < -0.3 is 24.8 Å². The minimum atomic E-state index is -2.89. The molecule has 2 rings (SSSR count). The highest BCUT2D eigenvalue weighted by Crippen LogP contribution is 2.29. The Morgan fingerprint density at radius 2 is 2.11 bits per heavy atom. The summed E-state index contributed by atoms with van der Waals surface area (Å²) in [4.78, 5) is 4.19. The van der Waals surface area contributed by atoms with Gasteiger partial charge in [-0.3, -0.25) is 4.99 Å². The molecular formula is C18H28F2IN3O3. The molecule has 0 radical (unpaired) electrons. The van der Waals surface area contributed by atoms with E-state index < -0.39 is 6.61 Å². The van der Waals surface area contributed by atoms with Crippen LogP contribution in [0, 0.1) is 0 Å². The number of guanidine groups is 1. The predicted octanol–water partition coefficient (Wildman–Crippen LogP) is 3.19. The van der Waals surface area contributed by atoms with Gasteiger partial charge in [0.25, 0.3) is 0 Å². The van der Waals surface area contributed by atoms with Crippen LogP contribution in [0.2, 0.25) is 0 Å². The number of hydrogen-bond donors (Lipinski definition) is 2. The maximum absolute atomic E-state index is 12.5. The Balaban J connectivity index is 0.00000364. The fourth-order valence-corrected chi connectivity index (χ4v) is 2.86. The van der Waals surface area contributed by atoms with Gasteiger partial charge in [-0.15, -0.1) is 24.0 Å². The summed E-state index contributed by atoms with van der Waals surface area (Å²) in [7, 11) is 3.12. The number of alkyl halides is 2. The van der Waals surface area contributed by atoms with Crippen molar-refractivity contribution in [3.05, 3.63) is 23.8 Å². The number of nitrogens with one attached hydrogen (secondary N) is 2. The normalized spacial score (nSPS) is 19.6. The molecule has 1 aromatic rings. The van der Waals surface area contributed by atoms with Crippen LogP contribution in [0.15, 0.2) is 23.2 Å². The molecule has 0 amide bonds. The van der Waals surface area contributed by atoms with Gasteiger partial charge in [0.05, 0.1) is 12.7 Å². The Labute approximate surface area is 176 Å². The maximum Gasteiger partial charge on any atom is 0.387 e. The average molecular weight is 499 g/mol. The molecule has 1 aliphatic heterocycles. The largest absolute Gasteiger partial charge is 0.493 e. The Hall–Kier alpha value is -1.36. The second kappa shape index (κ2) is 11.5. The second-order valence-electron chi connectivity index (χ2n) is 6.37. The maximum atomic E-state index is 12.5. The molecule has 6 nitrogen and oxygen atoms in total. The fraction of sp³-hybridized carbons (Fsp3) is 0.611. The minimum absolute atomic E-state index is 0. The van der Waals surface area contributed by atoms with E-state index in [-0.39, 0.29) is 41.1 Å². The molecule has 1 aliphatic rings. The van der Waals surface area contributed by atoms with E-state index in [1.807, 2.05) is 6.07 Å². The summed E-state index contributed by atoms with van der Waals surface area (Å²) < 4.78 is 40.3. The number of methoxy groups -OCH3 is 1. The molecule has 1 unspecified atom stereocenters. The van der Waals surface area contributed by atoms with Crippen molar-refractivity contribution >= 4 is 29.9 Å². The van der Waals surface area contributed by atoms with Crippen LogP contribution < -0.4 is 20.1 Å². The summed E-state index contributed by atoms with van der Waals surface area (Å²) in [6, 6.07) is 5.01. The minimum Gasteiger partial charge on any atom is -0.493 e. The molecule has 0 saturated carbocycles. The van der Waals surface area contributed by atoms with E-state index in [1.54, 1.807) is 19.2 Å². The summed E-state index contributed by atoms with van der Waals surface area (Å²) in [6.45, 7) is 1.27. The fourth-order valence-electron chi connectivity index (χ4n) is 2.86. The molecule has 0 aromatic heterocycles. The first-order valence-electron chi connectivity index (χ1n) is 8.66. The molecule has 154 valence electrons. The van der Waals surface area contributed by atoms with Gasteiger partial charge in [-0.25, -0.2) is 0 Å². The van der Waals surface area contributed by atoms with E-state index in [1.165, 1.54) is 7.11 Å². The van der Waals surface area contributed by atoms with Crippen molar-refractivity contribution in [1.29, 1.82) is 0 Å². The summed E-state index contributed by atoms with van der Waals surface area (Å²) in [5, 5.41) is 6.47. The Morgan fingerprint density at radius 1 is 1.33 bits per heavy atom. The number of benzene rings is 1. The number of rotatable bonds is 8. The van der Waals surface area contributed by atoms with Crippen molar-refractivity contribution < 1.29 is 23.0 Å². The number of aliphatic imine (C=N–C) groups is 1. The zero-order valence-corrected chi connectivity index (χ0v) is 18.2. The lowest BCUT2D eigenvalue weighted by Crippen LogP contribution is -2.45. The van der Waals surface area contributed by atoms with Gasteiger partial charge in [0.2, 0.25) is 0 Å². The van der Waals surface area contributed by atoms with Crippen LogP contribution in [0.3, 0.4) is 0 Å². The van der Waals surface area contributed by atoms with Crippen LogP contribution in [0.5, 0.6) is 11.5 Å². The van der Waals surface area contributed by atoms with Gasteiger partial charge in [-0.1, -0.05) is 6.07 Å². The molecule has 1 saturated heterocycles. The molecule has 1 heterocycles. The van der Waals surface area contributed by atoms with E-state index in [0.29, 0.717) is 25.5 Å². The molecule has 1 atom stereocenters. The first-order valence-corrected chi connectivity index (χ1v) is 8.66. The zero-order valence-electron chi connectivity index (χ0n) is 15.9. The molecule has 1 fully saturated rings. The van der Waals surface area contributed by atoms with Crippen LogP contribution in [0.1, 0.15) is 25.3 Å². The van der Waals surface area contributed by atoms with Crippen molar-refractivity contribution in [2.75, 3.05) is 33.9 Å². The quantitative estimate of drug-likeness (QED) is 0.327. The van der Waals surface area contributed by atoms with Crippen LogP contribution in [0.4, 0.5) is 8.78 Å². The highest BCUT2D eigenvalue weighted by molar-refractivity contribution is 14.0. The van der Waals surface area contributed by atoms with Gasteiger partial charge in [-0.05, 0) is 43.9 Å². The molecule has 0 spiro atoms. The van der Waals surface area contributed by atoms with Gasteiger partial charge in [-0.2, -0.15) is 8.78 Å². The summed E-state index contributed by atoms with van der Waals surface area (Å²) in [5.41, 5.74) is 0.699.